The number of hydrogen-bond acceptors (Lipinski definition) is 8. The van der Waals surface area contributed by atoms with Gasteiger partial charge in [0.2, 0.25) is 11.8 Å². The molecule has 0 aromatic heterocycles. The van der Waals surface area contributed by atoms with Crippen molar-refractivity contribution in [3.8, 4) is 0 Å². The normalized spacial score (nSPS) is 13.7. The minimum Gasteiger partial charge on any atom is -0.461 e. The van der Waals surface area contributed by atoms with Crippen LogP contribution in [0.2, 0.25) is 1.41 Å². The molecule has 2 atom stereocenters. The summed E-state index contributed by atoms with van der Waals surface area (Å²) in [5.74, 6) is -3.55. The summed E-state index contributed by atoms with van der Waals surface area (Å²) in [6.07, 6.45) is 0.198. The van der Waals surface area contributed by atoms with Crippen LogP contribution in [0.5, 0.6) is 0 Å². The van der Waals surface area contributed by atoms with Crippen molar-refractivity contribution >= 4 is 35.6 Å². The summed E-state index contributed by atoms with van der Waals surface area (Å²) < 4.78 is 18.9. The zero-order chi connectivity index (χ0) is 33.8. The number of hydrogen-bond donors (Lipinski definition) is 2. The Bertz CT molecular complexity index is 1550. The van der Waals surface area contributed by atoms with Gasteiger partial charge in [0.25, 0.3) is 11.8 Å². The Morgan fingerprint density at radius 3 is 1.89 bits per heavy atom. The molecule has 4 rings (SSSR count). The zero-order valence-corrected chi connectivity index (χ0v) is 25.6. The molecule has 0 bridgehead atoms. The van der Waals surface area contributed by atoms with Crippen molar-refractivity contribution in [1.82, 2.24) is 15.5 Å². The number of unbranched alkanes of at least 4 members (excludes halogenated alkanes) is 1. The van der Waals surface area contributed by atoms with Gasteiger partial charge in [0.05, 0.1) is 11.1 Å². The van der Waals surface area contributed by atoms with Gasteiger partial charge in [-0.25, -0.2) is 4.79 Å². The van der Waals surface area contributed by atoms with Crippen LogP contribution in [0.1, 0.15) is 70.9 Å². The Hall–Kier alpha value is -5.32. The number of benzene rings is 3. The van der Waals surface area contributed by atoms with Crippen LogP contribution in [-0.2, 0) is 41.9 Å². The quantitative estimate of drug-likeness (QED) is 0.139. The van der Waals surface area contributed by atoms with Crippen molar-refractivity contribution in [1.29, 1.82) is 0 Å². The third-order valence-corrected chi connectivity index (χ3v) is 7.32. The number of carbonyl (C=O) groups excluding carboxylic acids is 6. The molecule has 0 unspecified atom stereocenters. The van der Waals surface area contributed by atoms with Gasteiger partial charge in [0.15, 0.2) is 1.41 Å². The summed E-state index contributed by atoms with van der Waals surface area (Å²) in [5.41, 5.74) is 2.22. The van der Waals surface area contributed by atoms with E-state index in [1.807, 2.05) is 24.3 Å². The molecule has 0 spiro atoms. The molecule has 240 valence electrons. The molecule has 3 aromatic carbocycles. The Morgan fingerprint density at radius 2 is 1.30 bits per heavy atom. The van der Waals surface area contributed by atoms with Crippen LogP contribution in [0.4, 0.5) is 0 Å². The number of ether oxygens (including phenoxy) is 2. The SMILES string of the molecule is [2H]N(C(=O)CCCCN1C(=O)c2ccccc2C1=O)[C@@H](C)C(=O)N[C@@H](CCC(=O)OCc1ccccc1)C(=O)OCc1ccccc1. The Kier molecular flexibility index (Phi) is 11.6. The first-order valence-electron chi connectivity index (χ1n) is 15.6. The molecule has 0 fully saturated rings. The first-order valence-corrected chi connectivity index (χ1v) is 15.1. The smallest absolute Gasteiger partial charge is 0.328 e. The topological polar surface area (TPSA) is 148 Å². The minimum atomic E-state index is -1.27. The number of fused-ring (bicyclic) bond motifs is 1. The van der Waals surface area contributed by atoms with Crippen LogP contribution in [0.25, 0.3) is 0 Å². The molecule has 4 amide bonds. The van der Waals surface area contributed by atoms with E-state index < -0.39 is 35.8 Å². The van der Waals surface area contributed by atoms with E-state index in [0.29, 0.717) is 22.9 Å². The lowest BCUT2D eigenvalue weighted by atomic mass is 10.1. The molecular formula is C35H37N3O8. The third-order valence-electron chi connectivity index (χ3n) is 7.32. The van der Waals surface area contributed by atoms with E-state index in [0.717, 1.165) is 16.0 Å². The predicted octanol–water partition coefficient (Wildman–Crippen LogP) is 3.71. The van der Waals surface area contributed by atoms with Gasteiger partial charge in [0.1, 0.15) is 25.3 Å². The fourth-order valence-corrected chi connectivity index (χ4v) is 4.77. The average Bonchev–Trinajstić information content (AvgIpc) is 3.34. The lowest BCUT2D eigenvalue weighted by Crippen LogP contribution is -2.50. The monoisotopic (exact) mass is 628 g/mol. The molecule has 1 aliphatic rings. The minimum absolute atomic E-state index is 0.0518. The van der Waals surface area contributed by atoms with E-state index in [1.54, 1.807) is 60.7 Å². The number of nitrogens with one attached hydrogen (secondary N) is 2. The summed E-state index contributed by atoms with van der Waals surface area (Å²) >= 11 is 0. The number of rotatable bonds is 16. The van der Waals surface area contributed by atoms with Crippen LogP contribution >= 0.6 is 0 Å². The van der Waals surface area contributed by atoms with Crippen LogP contribution in [0, 0.1) is 0 Å². The third kappa shape index (κ3) is 9.59. The molecule has 0 aliphatic carbocycles. The molecular weight excluding hydrogens is 590 g/mol. The highest BCUT2D eigenvalue weighted by atomic mass is 16.5. The molecule has 11 heteroatoms. The molecule has 3 aromatic rings. The first kappa shape index (κ1) is 32.1. The van der Waals surface area contributed by atoms with Gasteiger partial charge < -0.3 is 20.1 Å². The van der Waals surface area contributed by atoms with E-state index in [4.69, 9.17) is 10.9 Å². The van der Waals surface area contributed by atoms with Crippen molar-refractivity contribution in [2.75, 3.05) is 6.54 Å². The number of esters is 2. The number of nitrogens with zero attached hydrogens (tertiary/aromatic N) is 1. The van der Waals surface area contributed by atoms with Gasteiger partial charge in [-0.1, -0.05) is 72.8 Å². The van der Waals surface area contributed by atoms with Gasteiger partial charge in [-0.05, 0) is 49.4 Å². The highest BCUT2D eigenvalue weighted by molar-refractivity contribution is 6.21. The zero-order valence-electron chi connectivity index (χ0n) is 26.6. The van der Waals surface area contributed by atoms with E-state index in [1.165, 1.54) is 6.92 Å². The number of amides is 4. The number of carbonyl (C=O) groups is 6. The molecule has 1 heterocycles. The second kappa shape index (κ2) is 16.7. The van der Waals surface area contributed by atoms with Gasteiger partial charge in [-0.2, -0.15) is 0 Å². The fraction of sp³-hybridized carbons (Fsp3) is 0.314. The predicted molar refractivity (Wildman–Crippen MR) is 167 cm³/mol. The molecule has 2 N–H and O–H groups in total. The van der Waals surface area contributed by atoms with Gasteiger partial charge in [-0.15, -0.1) is 0 Å². The highest BCUT2D eigenvalue weighted by Crippen LogP contribution is 2.22. The van der Waals surface area contributed by atoms with Crippen LogP contribution in [0.15, 0.2) is 84.9 Å². The summed E-state index contributed by atoms with van der Waals surface area (Å²) in [5, 5.41) is 3.05. The second-order valence-corrected chi connectivity index (χ2v) is 10.8. The van der Waals surface area contributed by atoms with E-state index in [-0.39, 0.29) is 57.3 Å². The summed E-state index contributed by atoms with van der Waals surface area (Å²) in [6, 6.07) is 22.1. The molecule has 46 heavy (non-hydrogen) atoms. The van der Waals surface area contributed by atoms with Crippen LogP contribution < -0.4 is 10.6 Å². The Morgan fingerprint density at radius 1 is 0.761 bits per heavy atom. The first-order chi connectivity index (χ1) is 22.7. The highest BCUT2D eigenvalue weighted by Gasteiger charge is 2.34. The van der Waals surface area contributed by atoms with Gasteiger partial charge in [-0.3, -0.25) is 28.9 Å². The molecule has 1 aliphatic heterocycles. The Labute approximate surface area is 268 Å². The molecule has 0 radical (unpaired) electrons. The maximum absolute atomic E-state index is 13.1. The summed E-state index contributed by atoms with van der Waals surface area (Å²) in [7, 11) is 0. The summed E-state index contributed by atoms with van der Waals surface area (Å²) in [4.78, 5) is 77.5. The average molecular weight is 629 g/mol. The van der Waals surface area contributed by atoms with Gasteiger partial charge >= 0.3 is 11.9 Å². The van der Waals surface area contributed by atoms with E-state index in [2.05, 4.69) is 5.32 Å². The summed E-state index contributed by atoms with van der Waals surface area (Å²) in [6.45, 7) is 1.47. The lowest BCUT2D eigenvalue weighted by molar-refractivity contribution is -0.150. The Balaban J connectivity index is 1.27. The second-order valence-electron chi connectivity index (χ2n) is 10.8. The number of imide groups is 1. The fourth-order valence-electron chi connectivity index (χ4n) is 4.77. The van der Waals surface area contributed by atoms with Crippen LogP contribution in [0.3, 0.4) is 0 Å². The largest absolute Gasteiger partial charge is 0.461 e. The van der Waals surface area contributed by atoms with Crippen molar-refractivity contribution in [3.63, 3.8) is 0 Å². The molecule has 0 saturated heterocycles. The molecule has 11 nitrogen and oxygen atoms in total. The lowest BCUT2D eigenvalue weighted by Gasteiger charge is -2.21. The van der Waals surface area contributed by atoms with E-state index in [9.17, 15) is 28.8 Å². The standard InChI is InChI=1S/C35H37N3O8/c1-24(36-30(39)18-10-11-21-38-33(42)27-16-8-9-17-28(27)34(38)43)32(41)37-29(35(44)46-23-26-14-6-3-7-15-26)19-20-31(40)45-22-25-12-4-2-5-13-25/h2-9,12-17,24,29H,10-11,18-23H2,1H3,(H,36,39)(H,37,41)/t24-,29-/m0/s1/i/hD. The van der Waals surface area contributed by atoms with Crippen molar-refractivity contribution in [3.05, 3.63) is 107 Å². The van der Waals surface area contributed by atoms with E-state index >= 15 is 0 Å². The maximum Gasteiger partial charge on any atom is 0.328 e. The van der Waals surface area contributed by atoms with Crippen LogP contribution in [-0.4, -0.2) is 59.1 Å². The molecule has 0 saturated carbocycles. The van der Waals surface area contributed by atoms with Gasteiger partial charge in [0, 0.05) is 19.4 Å². The van der Waals surface area contributed by atoms with Crippen molar-refractivity contribution in [2.24, 2.45) is 0 Å². The van der Waals surface area contributed by atoms with Crippen molar-refractivity contribution < 1.29 is 39.7 Å². The maximum atomic E-state index is 13.1. The van der Waals surface area contributed by atoms with Crippen molar-refractivity contribution in [2.45, 2.75) is 64.3 Å².